The lowest BCUT2D eigenvalue weighted by Crippen LogP contribution is -2.40. The van der Waals surface area contributed by atoms with Crippen molar-refractivity contribution in [1.29, 1.82) is 0 Å². The van der Waals surface area contributed by atoms with Gasteiger partial charge in [-0.1, -0.05) is 48.2 Å². The normalized spacial score (nSPS) is 15.7. The molecular weight excluding hydrogens is 374 g/mol. The topological polar surface area (TPSA) is 90.6 Å². The molecule has 1 fully saturated rings. The van der Waals surface area contributed by atoms with E-state index >= 15 is 0 Å². The lowest BCUT2D eigenvalue weighted by molar-refractivity contribution is -0.305. The molecule has 1 amide bonds. The van der Waals surface area contributed by atoms with E-state index in [0.29, 0.717) is 17.1 Å². The number of rotatable bonds is 5. The summed E-state index contributed by atoms with van der Waals surface area (Å²) in [6, 6.07) is 10.4. The average molecular weight is 386 g/mol. The van der Waals surface area contributed by atoms with Crippen LogP contribution in [0, 0.1) is 0 Å². The molecule has 0 saturated carbocycles. The third kappa shape index (κ3) is 3.76. The SMILES string of the molecule is CC(=O)c1ccc(-c2ccc(/C=C3\SC(=S)N(CC(=O)[O-])C3=O)o2)cc1. The molecule has 1 aliphatic heterocycles. The summed E-state index contributed by atoms with van der Waals surface area (Å²) in [4.78, 5) is 35.5. The molecule has 0 spiro atoms. The van der Waals surface area contributed by atoms with E-state index in [0.717, 1.165) is 22.2 Å². The molecule has 0 bridgehead atoms. The van der Waals surface area contributed by atoms with E-state index in [1.165, 1.54) is 13.0 Å². The highest BCUT2D eigenvalue weighted by Crippen LogP contribution is 2.33. The number of carbonyl (C=O) groups excluding carboxylic acids is 3. The first-order valence-electron chi connectivity index (χ1n) is 7.51. The van der Waals surface area contributed by atoms with Crippen LogP contribution >= 0.6 is 24.0 Å². The quantitative estimate of drug-likeness (QED) is 0.441. The highest BCUT2D eigenvalue weighted by atomic mass is 32.2. The Hall–Kier alpha value is -2.71. The zero-order chi connectivity index (χ0) is 18.8. The van der Waals surface area contributed by atoms with Gasteiger partial charge in [-0.2, -0.15) is 0 Å². The Balaban J connectivity index is 1.81. The maximum absolute atomic E-state index is 12.2. The van der Waals surface area contributed by atoms with E-state index in [1.54, 1.807) is 36.4 Å². The van der Waals surface area contributed by atoms with Gasteiger partial charge in [0.15, 0.2) is 5.78 Å². The van der Waals surface area contributed by atoms with Crippen LogP contribution in [0.1, 0.15) is 23.0 Å². The molecule has 1 aromatic carbocycles. The number of benzene rings is 1. The van der Waals surface area contributed by atoms with Gasteiger partial charge in [-0.05, 0) is 19.1 Å². The third-order valence-corrected chi connectivity index (χ3v) is 5.01. The molecule has 1 aromatic heterocycles. The number of carbonyl (C=O) groups is 3. The molecule has 3 rings (SSSR count). The van der Waals surface area contributed by atoms with Gasteiger partial charge in [0.05, 0.1) is 17.4 Å². The van der Waals surface area contributed by atoms with Crippen LogP contribution < -0.4 is 5.11 Å². The summed E-state index contributed by atoms with van der Waals surface area (Å²) in [7, 11) is 0. The van der Waals surface area contributed by atoms with E-state index in [-0.39, 0.29) is 15.0 Å². The number of Topliss-reactive ketones (excluding diaryl/α,β-unsaturated/α-hetero) is 1. The first-order chi connectivity index (χ1) is 12.3. The number of aliphatic carboxylic acids is 1. The number of ketones is 1. The van der Waals surface area contributed by atoms with E-state index < -0.39 is 18.4 Å². The predicted molar refractivity (Wildman–Crippen MR) is 99.0 cm³/mol. The summed E-state index contributed by atoms with van der Waals surface area (Å²) >= 11 is 6.03. The van der Waals surface area contributed by atoms with Crippen molar-refractivity contribution in [3.05, 3.63) is 52.6 Å². The summed E-state index contributed by atoms with van der Waals surface area (Å²) in [5, 5.41) is 10.7. The summed E-state index contributed by atoms with van der Waals surface area (Å²) in [5.41, 5.74) is 1.40. The van der Waals surface area contributed by atoms with Crippen LogP contribution in [0.4, 0.5) is 0 Å². The number of hydrogen-bond acceptors (Lipinski definition) is 7. The first kappa shape index (κ1) is 18.1. The van der Waals surface area contributed by atoms with Gasteiger partial charge < -0.3 is 14.3 Å². The minimum Gasteiger partial charge on any atom is -0.548 e. The zero-order valence-electron chi connectivity index (χ0n) is 13.6. The van der Waals surface area contributed by atoms with Crippen molar-refractivity contribution in [1.82, 2.24) is 4.90 Å². The largest absolute Gasteiger partial charge is 0.548 e. The van der Waals surface area contributed by atoms with Crippen molar-refractivity contribution in [2.75, 3.05) is 6.54 Å². The van der Waals surface area contributed by atoms with Crippen LogP contribution in [0.5, 0.6) is 0 Å². The van der Waals surface area contributed by atoms with Gasteiger partial charge in [0.1, 0.15) is 15.8 Å². The number of thioether (sulfide) groups is 1. The number of carboxylic acids is 1. The summed E-state index contributed by atoms with van der Waals surface area (Å²) in [6.07, 6.45) is 1.52. The van der Waals surface area contributed by atoms with E-state index in [2.05, 4.69) is 0 Å². The highest BCUT2D eigenvalue weighted by molar-refractivity contribution is 8.26. The van der Waals surface area contributed by atoms with Gasteiger partial charge in [0.25, 0.3) is 5.91 Å². The van der Waals surface area contributed by atoms with Gasteiger partial charge in [-0.25, -0.2) is 0 Å². The van der Waals surface area contributed by atoms with E-state index in [4.69, 9.17) is 16.6 Å². The fourth-order valence-corrected chi connectivity index (χ4v) is 3.58. The second-order valence-electron chi connectivity index (χ2n) is 5.48. The fourth-order valence-electron chi connectivity index (χ4n) is 2.35. The van der Waals surface area contributed by atoms with Crippen LogP contribution in [0.3, 0.4) is 0 Å². The van der Waals surface area contributed by atoms with E-state index in [1.807, 2.05) is 0 Å². The number of amides is 1. The van der Waals surface area contributed by atoms with Crippen molar-refractivity contribution in [3.8, 4) is 11.3 Å². The number of hydrogen-bond donors (Lipinski definition) is 0. The number of carboxylic acid groups (broad SMARTS) is 1. The first-order valence-corrected chi connectivity index (χ1v) is 8.74. The minimum atomic E-state index is -1.38. The van der Waals surface area contributed by atoms with Crippen LogP contribution in [0.2, 0.25) is 0 Å². The molecule has 1 saturated heterocycles. The lowest BCUT2D eigenvalue weighted by atomic mass is 10.1. The summed E-state index contributed by atoms with van der Waals surface area (Å²) in [6.45, 7) is 0.921. The molecular formula is C18H12NO5S2-. The Bertz CT molecular complexity index is 943. The Kier molecular flexibility index (Phi) is 5.06. The van der Waals surface area contributed by atoms with Crippen molar-refractivity contribution in [2.24, 2.45) is 0 Å². The maximum Gasteiger partial charge on any atom is 0.266 e. The predicted octanol–water partition coefficient (Wildman–Crippen LogP) is 2.10. The standard InChI is InChI=1S/C18H13NO5S2/c1-10(20)11-2-4-12(5-3-11)14-7-6-13(24-14)8-15-17(23)19(9-16(21)22)18(25)26-15/h2-8H,9H2,1H3,(H,21,22)/p-1/b15-8-. The Morgan fingerprint density at radius 2 is 1.92 bits per heavy atom. The van der Waals surface area contributed by atoms with Gasteiger partial charge in [-0.3, -0.25) is 14.5 Å². The minimum absolute atomic E-state index is 0.0183. The zero-order valence-corrected chi connectivity index (χ0v) is 15.2. The molecule has 8 heteroatoms. The molecule has 6 nitrogen and oxygen atoms in total. The number of thiocarbonyl (C=S) groups is 1. The molecule has 1 aliphatic rings. The fraction of sp³-hybridized carbons (Fsp3) is 0.111. The monoisotopic (exact) mass is 386 g/mol. The second-order valence-corrected chi connectivity index (χ2v) is 7.15. The van der Waals surface area contributed by atoms with Gasteiger partial charge in [0, 0.05) is 17.2 Å². The molecule has 132 valence electrons. The van der Waals surface area contributed by atoms with E-state index in [9.17, 15) is 19.5 Å². The van der Waals surface area contributed by atoms with Crippen molar-refractivity contribution < 1.29 is 23.9 Å². The third-order valence-electron chi connectivity index (χ3n) is 3.64. The van der Waals surface area contributed by atoms with Crippen LogP contribution in [0.25, 0.3) is 17.4 Å². The molecule has 2 heterocycles. The molecule has 0 aliphatic carbocycles. The highest BCUT2D eigenvalue weighted by Gasteiger charge is 2.32. The Labute approximate surface area is 158 Å². The second kappa shape index (κ2) is 7.27. The van der Waals surface area contributed by atoms with Gasteiger partial charge in [-0.15, -0.1) is 0 Å². The number of furan rings is 1. The molecule has 2 aromatic rings. The summed E-state index contributed by atoms with van der Waals surface area (Å²) < 4.78 is 5.88. The van der Waals surface area contributed by atoms with Crippen molar-refractivity contribution in [3.63, 3.8) is 0 Å². The lowest BCUT2D eigenvalue weighted by Gasteiger charge is -2.14. The molecule has 0 N–H and O–H groups in total. The van der Waals surface area contributed by atoms with Crippen LogP contribution in [-0.4, -0.2) is 33.4 Å². The van der Waals surface area contributed by atoms with Crippen molar-refractivity contribution in [2.45, 2.75) is 6.92 Å². The Morgan fingerprint density at radius 1 is 1.23 bits per heavy atom. The maximum atomic E-state index is 12.2. The molecule has 0 unspecified atom stereocenters. The van der Waals surface area contributed by atoms with Gasteiger partial charge >= 0.3 is 0 Å². The molecule has 0 radical (unpaired) electrons. The average Bonchev–Trinajstić information content (AvgIpc) is 3.15. The Morgan fingerprint density at radius 3 is 2.54 bits per heavy atom. The number of nitrogens with zero attached hydrogens (tertiary/aromatic N) is 1. The van der Waals surface area contributed by atoms with Crippen LogP contribution in [0.15, 0.2) is 45.7 Å². The van der Waals surface area contributed by atoms with Crippen LogP contribution in [-0.2, 0) is 9.59 Å². The summed E-state index contributed by atoms with van der Waals surface area (Å²) in [5.74, 6) is -0.874. The van der Waals surface area contributed by atoms with Crippen molar-refractivity contribution >= 4 is 52.0 Å². The molecule has 0 atom stereocenters. The van der Waals surface area contributed by atoms with Gasteiger partial charge in [0.2, 0.25) is 0 Å². The molecule has 26 heavy (non-hydrogen) atoms. The smallest absolute Gasteiger partial charge is 0.266 e.